The van der Waals surface area contributed by atoms with Gasteiger partial charge in [-0.3, -0.25) is 9.59 Å². The van der Waals surface area contributed by atoms with E-state index in [9.17, 15) is 14.4 Å². The summed E-state index contributed by atoms with van der Waals surface area (Å²) in [5.41, 5.74) is -1.31. The summed E-state index contributed by atoms with van der Waals surface area (Å²) < 4.78 is 5.04. The third kappa shape index (κ3) is 3.66. The molecule has 0 saturated carbocycles. The van der Waals surface area contributed by atoms with E-state index in [1.54, 1.807) is 44.2 Å². The number of hydrogen-bond acceptors (Lipinski definition) is 4. The van der Waals surface area contributed by atoms with Gasteiger partial charge in [-0.15, -0.1) is 0 Å². The number of nitrogens with one attached hydrogen (secondary N) is 1. The molecule has 1 atom stereocenters. The minimum absolute atomic E-state index is 0.366. The molecule has 0 bridgehead atoms. The van der Waals surface area contributed by atoms with E-state index in [4.69, 9.17) is 4.74 Å². The highest BCUT2D eigenvalue weighted by Crippen LogP contribution is 2.12. The van der Waals surface area contributed by atoms with Gasteiger partial charge in [0.2, 0.25) is 0 Å². The van der Waals surface area contributed by atoms with Gasteiger partial charge in [0.05, 0.1) is 6.10 Å². The fourth-order valence-electron chi connectivity index (χ4n) is 1.50. The summed E-state index contributed by atoms with van der Waals surface area (Å²) in [4.78, 5) is 35.8. The number of hydrogen-bond donors (Lipinski definition) is 1. The molecule has 1 unspecified atom stereocenters. The highest BCUT2D eigenvalue weighted by molar-refractivity contribution is 6.11. The highest BCUT2D eigenvalue weighted by atomic mass is 16.5. The van der Waals surface area contributed by atoms with Gasteiger partial charge in [-0.05, 0) is 39.8 Å². The number of carbonyl (C=O) groups excluding carboxylic acids is 3. The van der Waals surface area contributed by atoms with E-state index in [0.29, 0.717) is 5.56 Å². The van der Waals surface area contributed by atoms with Gasteiger partial charge < -0.3 is 10.1 Å². The fraction of sp³-hybridized carbons (Fsp3) is 0.400. The van der Waals surface area contributed by atoms with Gasteiger partial charge in [-0.1, -0.05) is 18.2 Å². The second-order valence-corrected chi connectivity index (χ2v) is 4.96. The van der Waals surface area contributed by atoms with Crippen LogP contribution in [0.15, 0.2) is 30.3 Å². The van der Waals surface area contributed by atoms with Crippen molar-refractivity contribution in [1.29, 1.82) is 0 Å². The molecular formula is C15H19NO4. The average Bonchev–Trinajstić information content (AvgIpc) is 2.38. The van der Waals surface area contributed by atoms with Crippen molar-refractivity contribution in [3.05, 3.63) is 35.9 Å². The van der Waals surface area contributed by atoms with Crippen LogP contribution in [0.5, 0.6) is 0 Å². The molecule has 1 aromatic carbocycles. The van der Waals surface area contributed by atoms with Gasteiger partial charge in [0.15, 0.2) is 11.3 Å². The monoisotopic (exact) mass is 277 g/mol. The van der Waals surface area contributed by atoms with E-state index in [2.05, 4.69) is 5.32 Å². The smallest absolute Gasteiger partial charge is 0.339 e. The maximum absolute atomic E-state index is 12.1. The SMILES string of the molecule is CC(=O)C(C)(NC(=O)c1ccccc1)C(=O)OC(C)C. The Bertz CT molecular complexity index is 510. The Balaban J connectivity index is 2.95. The van der Waals surface area contributed by atoms with Gasteiger partial charge >= 0.3 is 5.97 Å². The summed E-state index contributed by atoms with van der Waals surface area (Å²) in [7, 11) is 0. The molecule has 5 nitrogen and oxygen atoms in total. The van der Waals surface area contributed by atoms with Crippen LogP contribution in [0.1, 0.15) is 38.1 Å². The molecule has 1 rings (SSSR count). The maximum Gasteiger partial charge on any atom is 0.339 e. The first-order valence-corrected chi connectivity index (χ1v) is 6.37. The van der Waals surface area contributed by atoms with Crippen LogP contribution >= 0.6 is 0 Å². The Morgan fingerprint density at radius 3 is 2.15 bits per heavy atom. The van der Waals surface area contributed by atoms with Crippen molar-refractivity contribution in [2.24, 2.45) is 0 Å². The summed E-state index contributed by atoms with van der Waals surface area (Å²) in [5, 5.41) is 2.45. The first-order chi connectivity index (χ1) is 9.27. The second-order valence-electron chi connectivity index (χ2n) is 4.96. The van der Waals surface area contributed by atoms with Crippen molar-refractivity contribution in [3.63, 3.8) is 0 Å². The van der Waals surface area contributed by atoms with Crippen LogP contribution in [0, 0.1) is 0 Å². The third-order valence-electron chi connectivity index (χ3n) is 2.85. The number of benzene rings is 1. The van der Waals surface area contributed by atoms with Crippen molar-refractivity contribution < 1.29 is 19.1 Å². The molecule has 0 aromatic heterocycles. The summed E-state index contributed by atoms with van der Waals surface area (Å²) in [5.74, 6) is -1.74. The van der Waals surface area contributed by atoms with Gasteiger partial charge in [0.1, 0.15) is 0 Å². The lowest BCUT2D eigenvalue weighted by atomic mass is 9.96. The number of rotatable bonds is 5. The van der Waals surface area contributed by atoms with Crippen LogP contribution in [0.25, 0.3) is 0 Å². The zero-order valence-corrected chi connectivity index (χ0v) is 12.1. The van der Waals surface area contributed by atoms with E-state index in [-0.39, 0.29) is 6.10 Å². The molecule has 0 spiro atoms. The molecule has 1 aromatic rings. The van der Waals surface area contributed by atoms with E-state index >= 15 is 0 Å². The Kier molecular flexibility index (Phi) is 5.02. The van der Waals surface area contributed by atoms with Crippen LogP contribution in [0.2, 0.25) is 0 Å². The third-order valence-corrected chi connectivity index (χ3v) is 2.85. The zero-order chi connectivity index (χ0) is 15.3. The molecular weight excluding hydrogens is 258 g/mol. The van der Waals surface area contributed by atoms with Gasteiger partial charge in [-0.25, -0.2) is 4.79 Å². The zero-order valence-electron chi connectivity index (χ0n) is 12.1. The number of ether oxygens (including phenoxy) is 1. The molecule has 5 heteroatoms. The van der Waals surface area contributed by atoms with Crippen LogP contribution in [-0.2, 0) is 14.3 Å². The molecule has 1 amide bonds. The minimum Gasteiger partial charge on any atom is -0.461 e. The quantitative estimate of drug-likeness (QED) is 0.657. The normalized spacial score (nSPS) is 13.4. The number of esters is 1. The average molecular weight is 277 g/mol. The summed E-state index contributed by atoms with van der Waals surface area (Å²) in [6.45, 7) is 5.95. The van der Waals surface area contributed by atoms with Crippen molar-refractivity contribution >= 4 is 17.7 Å². The Labute approximate surface area is 118 Å². The lowest BCUT2D eigenvalue weighted by molar-refractivity contribution is -0.157. The summed E-state index contributed by atoms with van der Waals surface area (Å²) in [6.07, 6.45) is -0.366. The maximum atomic E-state index is 12.1. The molecule has 108 valence electrons. The lowest BCUT2D eigenvalue weighted by Gasteiger charge is -2.26. The number of amides is 1. The van der Waals surface area contributed by atoms with Crippen LogP contribution in [0.3, 0.4) is 0 Å². The molecule has 0 fully saturated rings. The molecule has 0 heterocycles. The first kappa shape index (κ1) is 15.9. The van der Waals surface area contributed by atoms with E-state index in [1.807, 2.05) is 0 Å². The number of ketones is 1. The second kappa shape index (κ2) is 6.32. The number of Topliss-reactive ketones (excluding diaryl/α,β-unsaturated/α-hetero) is 1. The van der Waals surface area contributed by atoms with Crippen LogP contribution in [-0.4, -0.2) is 29.3 Å². The predicted molar refractivity (Wildman–Crippen MR) is 74.2 cm³/mol. The van der Waals surface area contributed by atoms with Gasteiger partial charge in [0.25, 0.3) is 5.91 Å². The molecule has 0 aliphatic carbocycles. The number of carbonyl (C=O) groups is 3. The highest BCUT2D eigenvalue weighted by Gasteiger charge is 2.42. The Morgan fingerprint density at radius 2 is 1.70 bits per heavy atom. The van der Waals surface area contributed by atoms with Crippen LogP contribution < -0.4 is 5.32 Å². The predicted octanol–water partition coefficient (Wildman–Crippen LogP) is 1.72. The van der Waals surface area contributed by atoms with E-state index in [1.165, 1.54) is 13.8 Å². The lowest BCUT2D eigenvalue weighted by Crippen LogP contribution is -2.58. The van der Waals surface area contributed by atoms with Crippen molar-refractivity contribution in [2.75, 3.05) is 0 Å². The van der Waals surface area contributed by atoms with Gasteiger partial charge in [-0.2, -0.15) is 0 Å². The van der Waals surface area contributed by atoms with E-state index in [0.717, 1.165) is 0 Å². The van der Waals surface area contributed by atoms with E-state index < -0.39 is 23.2 Å². The van der Waals surface area contributed by atoms with Crippen LogP contribution in [0.4, 0.5) is 0 Å². The minimum atomic E-state index is -1.68. The summed E-state index contributed by atoms with van der Waals surface area (Å²) >= 11 is 0. The first-order valence-electron chi connectivity index (χ1n) is 6.37. The molecule has 0 aliphatic heterocycles. The standard InChI is InChI=1S/C15H19NO4/c1-10(2)20-14(19)15(4,11(3)17)16-13(18)12-8-6-5-7-9-12/h5-10H,1-4H3,(H,16,18). The Hall–Kier alpha value is -2.17. The van der Waals surface area contributed by atoms with Gasteiger partial charge in [0, 0.05) is 5.56 Å². The van der Waals surface area contributed by atoms with Crippen molar-refractivity contribution in [2.45, 2.75) is 39.3 Å². The fourth-order valence-corrected chi connectivity index (χ4v) is 1.50. The Morgan fingerprint density at radius 1 is 1.15 bits per heavy atom. The van der Waals surface area contributed by atoms with Crippen molar-refractivity contribution in [1.82, 2.24) is 5.32 Å². The van der Waals surface area contributed by atoms with Crippen molar-refractivity contribution in [3.8, 4) is 0 Å². The summed E-state index contributed by atoms with van der Waals surface area (Å²) in [6, 6.07) is 8.38. The molecule has 20 heavy (non-hydrogen) atoms. The largest absolute Gasteiger partial charge is 0.461 e. The molecule has 1 N–H and O–H groups in total. The molecule has 0 saturated heterocycles. The molecule has 0 aliphatic rings. The molecule has 0 radical (unpaired) electrons. The topological polar surface area (TPSA) is 72.5 Å².